The first-order valence-corrected chi connectivity index (χ1v) is 6.21. The highest BCUT2D eigenvalue weighted by Crippen LogP contribution is 2.33. The van der Waals surface area contributed by atoms with Crippen LogP contribution in [-0.2, 0) is 28.5 Å². The second-order valence-electron chi connectivity index (χ2n) is 5.46. The summed E-state index contributed by atoms with van der Waals surface area (Å²) in [5.74, 6) is -2.07. The normalized spacial score (nSPS) is 33.9. The van der Waals surface area contributed by atoms with Crippen LogP contribution in [-0.4, -0.2) is 42.5 Å². The van der Waals surface area contributed by atoms with Crippen molar-refractivity contribution in [2.45, 2.75) is 57.8 Å². The second kappa shape index (κ2) is 4.86. The number of ether oxygens (including phenoxy) is 5. The van der Waals surface area contributed by atoms with E-state index in [9.17, 15) is 4.79 Å². The van der Waals surface area contributed by atoms with Crippen LogP contribution in [0.25, 0.3) is 0 Å². The van der Waals surface area contributed by atoms with Gasteiger partial charge in [0, 0.05) is 13.8 Å². The molecule has 6 heteroatoms. The zero-order valence-electron chi connectivity index (χ0n) is 11.7. The lowest BCUT2D eigenvalue weighted by atomic mass is 10.1. The molecule has 2 saturated heterocycles. The Balaban J connectivity index is 2.03. The van der Waals surface area contributed by atoms with Crippen molar-refractivity contribution >= 4 is 5.78 Å². The van der Waals surface area contributed by atoms with Crippen molar-refractivity contribution in [3.05, 3.63) is 12.8 Å². The molecule has 2 aliphatic rings. The van der Waals surface area contributed by atoms with Gasteiger partial charge in [0.05, 0.1) is 12.9 Å². The first-order valence-electron chi connectivity index (χ1n) is 6.21. The SMILES string of the molecule is C=COC(C)(C)O[C@@H]1OC[C@H]2OC(C)(C)O[C@H]2C1=O. The number of carbonyl (C=O) groups excluding carboxylic acids is 1. The molecule has 0 bridgehead atoms. The fourth-order valence-electron chi connectivity index (χ4n) is 2.18. The minimum Gasteiger partial charge on any atom is -0.471 e. The van der Waals surface area contributed by atoms with E-state index in [0.717, 1.165) is 0 Å². The largest absolute Gasteiger partial charge is 0.471 e. The summed E-state index contributed by atoms with van der Waals surface area (Å²) >= 11 is 0. The maximum Gasteiger partial charge on any atom is 0.224 e. The molecule has 19 heavy (non-hydrogen) atoms. The van der Waals surface area contributed by atoms with Gasteiger partial charge in [0.1, 0.15) is 6.10 Å². The van der Waals surface area contributed by atoms with Gasteiger partial charge in [0.2, 0.25) is 17.9 Å². The minimum absolute atomic E-state index is 0.245. The number of hydrogen-bond acceptors (Lipinski definition) is 6. The predicted molar refractivity (Wildman–Crippen MR) is 65.0 cm³/mol. The molecule has 0 spiro atoms. The highest BCUT2D eigenvalue weighted by atomic mass is 16.8. The van der Waals surface area contributed by atoms with E-state index in [1.165, 1.54) is 6.26 Å². The third kappa shape index (κ3) is 3.14. The van der Waals surface area contributed by atoms with E-state index in [4.69, 9.17) is 23.7 Å². The molecule has 3 atom stereocenters. The number of ketones is 1. The topological polar surface area (TPSA) is 63.2 Å². The van der Waals surface area contributed by atoms with E-state index in [-0.39, 0.29) is 18.5 Å². The van der Waals surface area contributed by atoms with Crippen LogP contribution in [0.3, 0.4) is 0 Å². The van der Waals surface area contributed by atoms with E-state index in [1.807, 2.05) is 0 Å². The van der Waals surface area contributed by atoms with Crippen LogP contribution in [0.15, 0.2) is 12.8 Å². The van der Waals surface area contributed by atoms with Crippen LogP contribution in [0.5, 0.6) is 0 Å². The van der Waals surface area contributed by atoms with E-state index < -0.39 is 24.0 Å². The first-order chi connectivity index (χ1) is 8.74. The summed E-state index contributed by atoms with van der Waals surface area (Å²) in [6.45, 7) is 10.6. The van der Waals surface area contributed by atoms with Crippen LogP contribution in [0.4, 0.5) is 0 Å². The zero-order valence-corrected chi connectivity index (χ0v) is 11.7. The molecule has 0 amide bonds. The molecule has 0 aromatic heterocycles. The molecule has 6 nitrogen and oxygen atoms in total. The monoisotopic (exact) mass is 272 g/mol. The summed E-state index contributed by atoms with van der Waals surface area (Å²) in [4.78, 5) is 12.2. The summed E-state index contributed by atoms with van der Waals surface area (Å²) in [7, 11) is 0. The number of carbonyl (C=O) groups is 1. The summed E-state index contributed by atoms with van der Waals surface area (Å²) in [6.07, 6.45) is -0.804. The van der Waals surface area contributed by atoms with Crippen LogP contribution in [0, 0.1) is 0 Å². The molecule has 0 radical (unpaired) electrons. The molecule has 0 aliphatic carbocycles. The number of hydrogen-bond donors (Lipinski definition) is 0. The third-order valence-electron chi connectivity index (χ3n) is 2.87. The Morgan fingerprint density at radius 3 is 2.74 bits per heavy atom. The maximum absolute atomic E-state index is 12.2. The van der Waals surface area contributed by atoms with Crippen molar-refractivity contribution in [1.29, 1.82) is 0 Å². The zero-order chi connectivity index (χ0) is 14.3. The molecule has 2 fully saturated rings. The van der Waals surface area contributed by atoms with Gasteiger partial charge < -0.3 is 23.7 Å². The second-order valence-corrected chi connectivity index (χ2v) is 5.46. The van der Waals surface area contributed by atoms with E-state index in [0.29, 0.717) is 0 Å². The lowest BCUT2D eigenvalue weighted by Crippen LogP contribution is -2.51. The molecular weight excluding hydrogens is 252 g/mol. The Labute approximate surface area is 112 Å². The van der Waals surface area contributed by atoms with Gasteiger partial charge in [-0.15, -0.1) is 0 Å². The Bertz CT molecular complexity index is 375. The van der Waals surface area contributed by atoms with Gasteiger partial charge in [-0.1, -0.05) is 6.58 Å². The van der Waals surface area contributed by atoms with Crippen molar-refractivity contribution < 1.29 is 28.5 Å². The van der Waals surface area contributed by atoms with Gasteiger partial charge in [-0.05, 0) is 13.8 Å². The standard InChI is InChI=1S/C13H20O6/c1-6-16-12(2,3)19-11-9(14)10-8(7-15-11)17-13(4,5)18-10/h6,8,10-11H,1,7H2,2-5H3/t8-,10-,11+/m1/s1. The van der Waals surface area contributed by atoms with Crippen LogP contribution >= 0.6 is 0 Å². The predicted octanol–water partition coefficient (Wildman–Crippen LogP) is 1.34. The highest BCUT2D eigenvalue weighted by Gasteiger charge is 2.51. The van der Waals surface area contributed by atoms with E-state index in [2.05, 4.69) is 6.58 Å². The van der Waals surface area contributed by atoms with Gasteiger partial charge in [0.25, 0.3) is 0 Å². The summed E-state index contributed by atoms with van der Waals surface area (Å²) in [5, 5.41) is 0. The Morgan fingerprint density at radius 2 is 2.11 bits per heavy atom. The Kier molecular flexibility index (Phi) is 3.70. The lowest BCUT2D eigenvalue weighted by Gasteiger charge is -2.33. The number of fused-ring (bicyclic) bond motifs is 1. The van der Waals surface area contributed by atoms with E-state index in [1.54, 1.807) is 27.7 Å². The fraction of sp³-hybridized carbons (Fsp3) is 0.769. The van der Waals surface area contributed by atoms with Crippen LogP contribution in [0.2, 0.25) is 0 Å². The Hall–Kier alpha value is -0.950. The van der Waals surface area contributed by atoms with Gasteiger partial charge in [-0.2, -0.15) is 0 Å². The van der Waals surface area contributed by atoms with Crippen molar-refractivity contribution in [3.8, 4) is 0 Å². The van der Waals surface area contributed by atoms with Gasteiger partial charge in [0.15, 0.2) is 11.9 Å². The minimum atomic E-state index is -1.02. The molecule has 2 aliphatic heterocycles. The fourth-order valence-corrected chi connectivity index (χ4v) is 2.18. The van der Waals surface area contributed by atoms with Gasteiger partial charge in [-0.25, -0.2) is 0 Å². The van der Waals surface area contributed by atoms with Crippen LogP contribution < -0.4 is 0 Å². The van der Waals surface area contributed by atoms with Crippen molar-refractivity contribution in [2.75, 3.05) is 6.61 Å². The molecule has 2 rings (SSSR count). The quantitative estimate of drug-likeness (QED) is 0.568. The average molecular weight is 272 g/mol. The van der Waals surface area contributed by atoms with Gasteiger partial charge in [-0.3, -0.25) is 4.79 Å². The van der Waals surface area contributed by atoms with Crippen molar-refractivity contribution in [1.82, 2.24) is 0 Å². The van der Waals surface area contributed by atoms with Crippen molar-refractivity contribution in [2.24, 2.45) is 0 Å². The van der Waals surface area contributed by atoms with Gasteiger partial charge >= 0.3 is 0 Å². The summed E-state index contributed by atoms with van der Waals surface area (Å²) in [6, 6.07) is 0. The number of rotatable bonds is 4. The molecule has 0 saturated carbocycles. The third-order valence-corrected chi connectivity index (χ3v) is 2.87. The summed E-state index contributed by atoms with van der Waals surface area (Å²) < 4.78 is 27.2. The lowest BCUT2D eigenvalue weighted by molar-refractivity contribution is -0.280. The smallest absolute Gasteiger partial charge is 0.224 e. The Morgan fingerprint density at radius 1 is 1.42 bits per heavy atom. The highest BCUT2D eigenvalue weighted by molar-refractivity contribution is 5.87. The van der Waals surface area contributed by atoms with Crippen LogP contribution in [0.1, 0.15) is 27.7 Å². The summed E-state index contributed by atoms with van der Waals surface area (Å²) in [5.41, 5.74) is 0. The molecule has 0 N–H and O–H groups in total. The maximum atomic E-state index is 12.2. The molecule has 0 unspecified atom stereocenters. The molecule has 2 heterocycles. The average Bonchev–Trinajstić information content (AvgIpc) is 2.58. The molecule has 0 aromatic rings. The van der Waals surface area contributed by atoms with Crippen molar-refractivity contribution in [3.63, 3.8) is 0 Å². The molecular formula is C13H20O6. The molecule has 108 valence electrons. The first kappa shape index (κ1) is 14.5. The number of Topliss-reactive ketones (excluding diaryl/α,β-unsaturated/α-hetero) is 1. The molecule has 0 aromatic carbocycles. The van der Waals surface area contributed by atoms with E-state index >= 15 is 0 Å².